The van der Waals surface area contributed by atoms with Gasteiger partial charge in [-0.25, -0.2) is 0 Å². The molecule has 114 valence electrons. The Morgan fingerprint density at radius 3 is 2.76 bits per heavy atom. The molecule has 0 unspecified atom stereocenters. The fourth-order valence-corrected chi connectivity index (χ4v) is 4.30. The van der Waals surface area contributed by atoms with Gasteiger partial charge in [0.15, 0.2) is 5.78 Å². The molecule has 1 heterocycles. The van der Waals surface area contributed by atoms with Gasteiger partial charge in [-0.3, -0.25) is 9.69 Å². The van der Waals surface area contributed by atoms with Crippen molar-refractivity contribution in [2.45, 2.75) is 44.6 Å². The van der Waals surface area contributed by atoms with Crippen LogP contribution in [0.3, 0.4) is 0 Å². The molecule has 21 heavy (non-hydrogen) atoms. The van der Waals surface area contributed by atoms with Crippen molar-refractivity contribution >= 4 is 29.0 Å². The third-order valence-corrected chi connectivity index (χ3v) is 5.50. The summed E-state index contributed by atoms with van der Waals surface area (Å²) < 4.78 is 0. The monoisotopic (exact) mass is 325 g/mol. The van der Waals surface area contributed by atoms with E-state index in [4.69, 9.17) is 23.2 Å². The lowest BCUT2D eigenvalue weighted by Gasteiger charge is -2.43. The lowest BCUT2D eigenvalue weighted by molar-refractivity contribution is 0.0539. The largest absolute Gasteiger partial charge is 0.293 e. The van der Waals surface area contributed by atoms with E-state index < -0.39 is 0 Å². The Morgan fingerprint density at radius 1 is 1.14 bits per heavy atom. The minimum atomic E-state index is 0.0914. The Labute approximate surface area is 136 Å². The van der Waals surface area contributed by atoms with Crippen molar-refractivity contribution in [3.05, 3.63) is 33.8 Å². The number of fused-ring (bicyclic) bond motifs is 1. The summed E-state index contributed by atoms with van der Waals surface area (Å²) in [6.45, 7) is 1.51. The molecular weight excluding hydrogens is 305 g/mol. The first-order chi connectivity index (χ1) is 10.1. The second-order valence-corrected chi connectivity index (χ2v) is 7.12. The topological polar surface area (TPSA) is 20.3 Å². The molecule has 0 amide bonds. The van der Waals surface area contributed by atoms with Gasteiger partial charge in [0.25, 0.3) is 0 Å². The van der Waals surface area contributed by atoms with Crippen molar-refractivity contribution in [2.24, 2.45) is 5.92 Å². The minimum Gasteiger partial charge on any atom is -0.293 e. The Hall–Kier alpha value is -0.570. The SMILES string of the molecule is O=C(CN1CCC[C@H]2CCCC[C@H]21)c1cc(Cl)ccc1Cl. The molecule has 1 saturated heterocycles. The van der Waals surface area contributed by atoms with Crippen molar-refractivity contribution in [1.29, 1.82) is 0 Å². The highest BCUT2D eigenvalue weighted by molar-refractivity contribution is 6.36. The summed E-state index contributed by atoms with van der Waals surface area (Å²) in [7, 11) is 0. The van der Waals surface area contributed by atoms with Crippen LogP contribution >= 0.6 is 23.2 Å². The minimum absolute atomic E-state index is 0.0914. The zero-order chi connectivity index (χ0) is 14.8. The average molecular weight is 326 g/mol. The zero-order valence-corrected chi connectivity index (χ0v) is 13.7. The van der Waals surface area contributed by atoms with Gasteiger partial charge in [0.05, 0.1) is 11.6 Å². The van der Waals surface area contributed by atoms with Gasteiger partial charge in [0.2, 0.25) is 0 Å². The first kappa shape index (κ1) is 15.3. The Morgan fingerprint density at radius 2 is 1.90 bits per heavy atom. The highest BCUT2D eigenvalue weighted by atomic mass is 35.5. The molecule has 4 heteroatoms. The van der Waals surface area contributed by atoms with E-state index in [1.807, 2.05) is 0 Å². The molecule has 1 aliphatic carbocycles. The summed E-state index contributed by atoms with van der Waals surface area (Å²) >= 11 is 12.1. The van der Waals surface area contributed by atoms with E-state index in [9.17, 15) is 4.79 Å². The third kappa shape index (κ3) is 3.44. The summed E-state index contributed by atoms with van der Waals surface area (Å²) in [5.74, 6) is 0.879. The quantitative estimate of drug-likeness (QED) is 0.742. The first-order valence-electron chi connectivity index (χ1n) is 7.87. The van der Waals surface area contributed by atoms with Crippen LogP contribution in [0.25, 0.3) is 0 Å². The molecule has 0 spiro atoms. The number of carbonyl (C=O) groups is 1. The number of hydrogen-bond acceptors (Lipinski definition) is 2. The maximum Gasteiger partial charge on any atom is 0.178 e. The van der Waals surface area contributed by atoms with Crippen molar-refractivity contribution in [2.75, 3.05) is 13.1 Å². The Bertz CT molecular complexity index is 530. The molecular formula is C17H21Cl2NO. The van der Waals surface area contributed by atoms with Crippen LogP contribution in [0.4, 0.5) is 0 Å². The number of Topliss-reactive ketones (excluding diaryl/α,β-unsaturated/α-hetero) is 1. The van der Waals surface area contributed by atoms with E-state index in [1.54, 1.807) is 18.2 Å². The van der Waals surface area contributed by atoms with Crippen molar-refractivity contribution < 1.29 is 4.79 Å². The molecule has 0 aromatic heterocycles. The zero-order valence-electron chi connectivity index (χ0n) is 12.2. The van der Waals surface area contributed by atoms with E-state index >= 15 is 0 Å². The number of rotatable bonds is 3. The number of benzene rings is 1. The molecule has 1 aliphatic heterocycles. The highest BCUT2D eigenvalue weighted by Gasteiger charge is 2.34. The van der Waals surface area contributed by atoms with E-state index in [2.05, 4.69) is 4.90 Å². The molecule has 2 fully saturated rings. The Balaban J connectivity index is 1.72. The number of likely N-dealkylation sites (tertiary alicyclic amines) is 1. The number of halogens is 2. The van der Waals surface area contributed by atoms with E-state index in [0.29, 0.717) is 28.2 Å². The predicted molar refractivity (Wildman–Crippen MR) is 87.3 cm³/mol. The maximum atomic E-state index is 12.6. The molecule has 2 aliphatic rings. The van der Waals surface area contributed by atoms with E-state index in [1.165, 1.54) is 38.5 Å². The average Bonchev–Trinajstić information content (AvgIpc) is 2.50. The third-order valence-electron chi connectivity index (χ3n) is 4.93. The summed E-state index contributed by atoms with van der Waals surface area (Å²) in [6, 6.07) is 5.71. The van der Waals surface area contributed by atoms with Gasteiger partial charge in [-0.05, 0) is 56.3 Å². The van der Waals surface area contributed by atoms with E-state index in [0.717, 1.165) is 12.5 Å². The van der Waals surface area contributed by atoms with E-state index in [-0.39, 0.29) is 5.78 Å². The molecule has 0 radical (unpaired) electrons. The molecule has 0 N–H and O–H groups in total. The number of piperidine rings is 1. The van der Waals surface area contributed by atoms with Gasteiger partial charge in [-0.2, -0.15) is 0 Å². The van der Waals surface area contributed by atoms with Gasteiger partial charge >= 0.3 is 0 Å². The van der Waals surface area contributed by atoms with Gasteiger partial charge in [0.1, 0.15) is 0 Å². The summed E-state index contributed by atoms with van der Waals surface area (Å²) in [6.07, 6.45) is 7.74. The first-order valence-corrected chi connectivity index (χ1v) is 8.63. The van der Waals surface area contributed by atoms with Crippen LogP contribution in [0.2, 0.25) is 10.0 Å². The van der Waals surface area contributed by atoms with Crippen molar-refractivity contribution in [3.8, 4) is 0 Å². The van der Waals surface area contributed by atoms with Gasteiger partial charge in [0, 0.05) is 16.6 Å². The van der Waals surface area contributed by atoms with Crippen LogP contribution in [-0.2, 0) is 0 Å². The second kappa shape index (κ2) is 6.68. The van der Waals surface area contributed by atoms with Crippen LogP contribution in [0, 0.1) is 5.92 Å². The number of hydrogen-bond donors (Lipinski definition) is 0. The van der Waals surface area contributed by atoms with Crippen LogP contribution in [0.1, 0.15) is 48.9 Å². The van der Waals surface area contributed by atoms with Gasteiger partial charge in [-0.15, -0.1) is 0 Å². The number of carbonyl (C=O) groups excluding carboxylic acids is 1. The predicted octanol–water partition coefficient (Wildman–Crippen LogP) is 4.83. The second-order valence-electron chi connectivity index (χ2n) is 6.27. The maximum absolute atomic E-state index is 12.6. The molecule has 2 atom stereocenters. The smallest absolute Gasteiger partial charge is 0.178 e. The van der Waals surface area contributed by atoms with Crippen molar-refractivity contribution in [1.82, 2.24) is 4.90 Å². The molecule has 0 bridgehead atoms. The normalized spacial score (nSPS) is 26.4. The molecule has 1 saturated carbocycles. The van der Waals surface area contributed by atoms with Gasteiger partial charge < -0.3 is 0 Å². The summed E-state index contributed by atoms with van der Waals surface area (Å²) in [5.41, 5.74) is 0.557. The standard InChI is InChI=1S/C17H21Cl2NO/c18-13-7-8-15(19)14(10-13)17(21)11-20-9-3-5-12-4-1-2-6-16(12)20/h7-8,10,12,16H,1-6,9,11H2/t12-,16-/m1/s1. The highest BCUT2D eigenvalue weighted by Crippen LogP contribution is 2.35. The van der Waals surface area contributed by atoms with Crippen LogP contribution in [-0.4, -0.2) is 29.8 Å². The fourth-order valence-electron chi connectivity index (χ4n) is 3.91. The lowest BCUT2D eigenvalue weighted by atomic mass is 9.78. The summed E-state index contributed by atoms with van der Waals surface area (Å²) in [4.78, 5) is 15.0. The van der Waals surface area contributed by atoms with Crippen LogP contribution < -0.4 is 0 Å². The fraction of sp³-hybridized carbons (Fsp3) is 0.588. The van der Waals surface area contributed by atoms with Gasteiger partial charge in [-0.1, -0.05) is 36.0 Å². The Kier molecular flexibility index (Phi) is 4.88. The molecule has 3 rings (SSSR count). The molecule has 1 aromatic rings. The molecule has 1 aromatic carbocycles. The number of nitrogens with zero attached hydrogens (tertiary/aromatic N) is 1. The molecule has 2 nitrogen and oxygen atoms in total. The lowest BCUT2D eigenvalue weighted by Crippen LogP contribution is -2.48. The van der Waals surface area contributed by atoms with Crippen LogP contribution in [0.15, 0.2) is 18.2 Å². The van der Waals surface area contributed by atoms with Crippen molar-refractivity contribution in [3.63, 3.8) is 0 Å². The summed E-state index contributed by atoms with van der Waals surface area (Å²) in [5, 5.41) is 1.07. The van der Waals surface area contributed by atoms with Crippen LogP contribution in [0.5, 0.6) is 0 Å². The number of ketones is 1.